The highest BCUT2D eigenvalue weighted by molar-refractivity contribution is 5.90. The van der Waals surface area contributed by atoms with Crippen molar-refractivity contribution in [2.45, 2.75) is 12.8 Å². The number of nitrogens with zero attached hydrogens (tertiary/aromatic N) is 2. The van der Waals surface area contributed by atoms with Gasteiger partial charge in [0.05, 0.1) is 11.0 Å². The monoisotopic (exact) mass is 250 g/mol. The first-order valence-corrected chi connectivity index (χ1v) is 6.34. The highest BCUT2D eigenvalue weighted by Gasteiger charge is 2.09. The molecule has 1 aromatic heterocycles. The highest BCUT2D eigenvalue weighted by atomic mass is 16.2. The number of benzene rings is 2. The number of carbonyl (C=O) groups is 1. The number of para-hydroxylation sites is 2. The largest absolute Gasteiger partial charge is 0.274 e. The molecule has 0 amide bonds. The van der Waals surface area contributed by atoms with Gasteiger partial charge in [-0.05, 0) is 24.1 Å². The second-order valence-electron chi connectivity index (χ2n) is 4.48. The second kappa shape index (κ2) is 5.06. The molecule has 0 saturated heterocycles. The van der Waals surface area contributed by atoms with Gasteiger partial charge in [-0.1, -0.05) is 42.5 Å². The lowest BCUT2D eigenvalue weighted by Gasteiger charge is -2.03. The van der Waals surface area contributed by atoms with Crippen LogP contribution in [0, 0.1) is 0 Å². The van der Waals surface area contributed by atoms with Crippen molar-refractivity contribution in [2.75, 3.05) is 0 Å². The van der Waals surface area contributed by atoms with Gasteiger partial charge in [0.25, 0.3) is 0 Å². The van der Waals surface area contributed by atoms with Crippen molar-refractivity contribution in [1.29, 1.82) is 0 Å². The summed E-state index contributed by atoms with van der Waals surface area (Å²) in [4.78, 5) is 16.5. The molecular weight excluding hydrogens is 236 g/mol. The molecule has 0 fully saturated rings. The van der Waals surface area contributed by atoms with Crippen LogP contribution in [0.25, 0.3) is 11.0 Å². The Morgan fingerprint density at radius 2 is 1.74 bits per heavy atom. The van der Waals surface area contributed by atoms with Crippen LogP contribution in [0.1, 0.15) is 16.8 Å². The van der Waals surface area contributed by atoms with Crippen molar-refractivity contribution in [3.63, 3.8) is 0 Å². The Bertz CT molecular complexity index is 701. The average molecular weight is 250 g/mol. The molecule has 0 spiro atoms. The average Bonchev–Trinajstić information content (AvgIpc) is 2.90. The molecule has 0 unspecified atom stereocenters. The van der Waals surface area contributed by atoms with Crippen LogP contribution in [0.2, 0.25) is 0 Å². The van der Waals surface area contributed by atoms with Gasteiger partial charge in [-0.3, -0.25) is 9.36 Å². The van der Waals surface area contributed by atoms with Crippen LogP contribution in [0.5, 0.6) is 0 Å². The van der Waals surface area contributed by atoms with Crippen LogP contribution in [0.15, 0.2) is 60.9 Å². The van der Waals surface area contributed by atoms with E-state index in [1.165, 1.54) is 5.56 Å². The fourth-order valence-corrected chi connectivity index (χ4v) is 2.17. The van der Waals surface area contributed by atoms with E-state index < -0.39 is 0 Å². The minimum atomic E-state index is 0.0811. The van der Waals surface area contributed by atoms with Gasteiger partial charge in [-0.2, -0.15) is 0 Å². The molecule has 1 heterocycles. The molecule has 0 aliphatic carbocycles. The molecule has 0 radical (unpaired) electrons. The number of fused-ring (bicyclic) bond motifs is 1. The molecule has 94 valence electrons. The van der Waals surface area contributed by atoms with Crippen LogP contribution >= 0.6 is 0 Å². The first-order chi connectivity index (χ1) is 9.34. The van der Waals surface area contributed by atoms with Crippen molar-refractivity contribution in [3.05, 3.63) is 66.5 Å². The lowest BCUT2D eigenvalue weighted by molar-refractivity contribution is 0.0907. The number of aryl methyl sites for hydroxylation is 1. The number of hydrogen-bond donors (Lipinski definition) is 0. The van der Waals surface area contributed by atoms with Gasteiger partial charge in [0.15, 0.2) is 0 Å². The molecule has 0 bridgehead atoms. The van der Waals surface area contributed by atoms with Gasteiger partial charge in [-0.25, -0.2) is 4.98 Å². The van der Waals surface area contributed by atoms with Gasteiger partial charge in [0, 0.05) is 6.42 Å². The summed E-state index contributed by atoms with van der Waals surface area (Å²) in [5.41, 5.74) is 2.91. The zero-order chi connectivity index (χ0) is 13.1. The topological polar surface area (TPSA) is 34.9 Å². The van der Waals surface area contributed by atoms with E-state index in [0.29, 0.717) is 6.42 Å². The minimum absolute atomic E-state index is 0.0811. The van der Waals surface area contributed by atoms with Gasteiger partial charge in [0.2, 0.25) is 5.91 Å². The van der Waals surface area contributed by atoms with Crippen molar-refractivity contribution >= 4 is 16.9 Å². The molecule has 3 rings (SSSR count). The summed E-state index contributed by atoms with van der Waals surface area (Å²) < 4.78 is 1.64. The third-order valence-corrected chi connectivity index (χ3v) is 3.19. The summed E-state index contributed by atoms with van der Waals surface area (Å²) >= 11 is 0. The van der Waals surface area contributed by atoms with Crippen molar-refractivity contribution in [2.24, 2.45) is 0 Å². The highest BCUT2D eigenvalue weighted by Crippen LogP contribution is 2.13. The lowest BCUT2D eigenvalue weighted by Crippen LogP contribution is -2.10. The van der Waals surface area contributed by atoms with Crippen LogP contribution in [0.4, 0.5) is 0 Å². The smallest absolute Gasteiger partial charge is 0.232 e. The van der Waals surface area contributed by atoms with E-state index >= 15 is 0 Å². The minimum Gasteiger partial charge on any atom is -0.274 e. The quantitative estimate of drug-likeness (QED) is 0.714. The maximum absolute atomic E-state index is 12.2. The normalized spacial score (nSPS) is 10.7. The third kappa shape index (κ3) is 2.40. The number of aromatic nitrogens is 2. The summed E-state index contributed by atoms with van der Waals surface area (Å²) in [6, 6.07) is 17.7. The van der Waals surface area contributed by atoms with Crippen LogP contribution in [-0.2, 0) is 6.42 Å². The van der Waals surface area contributed by atoms with Crippen LogP contribution < -0.4 is 0 Å². The van der Waals surface area contributed by atoms with Crippen molar-refractivity contribution in [3.8, 4) is 0 Å². The standard InChI is InChI=1S/C16H14N2O/c19-16(11-10-13-6-2-1-3-7-13)18-12-17-14-8-4-5-9-15(14)18/h1-9,12H,10-11H2. The Balaban J connectivity index is 1.77. The fourth-order valence-electron chi connectivity index (χ4n) is 2.17. The molecule has 3 nitrogen and oxygen atoms in total. The third-order valence-electron chi connectivity index (χ3n) is 3.19. The van der Waals surface area contributed by atoms with Crippen LogP contribution in [0.3, 0.4) is 0 Å². The molecule has 0 atom stereocenters. The molecule has 0 saturated carbocycles. The zero-order valence-corrected chi connectivity index (χ0v) is 10.5. The SMILES string of the molecule is O=C(CCc1ccccc1)n1cnc2ccccc21. The number of imidazole rings is 1. The van der Waals surface area contributed by atoms with E-state index in [-0.39, 0.29) is 5.91 Å². The lowest BCUT2D eigenvalue weighted by atomic mass is 10.1. The maximum atomic E-state index is 12.2. The van der Waals surface area contributed by atoms with Crippen LogP contribution in [-0.4, -0.2) is 15.5 Å². The molecule has 0 aliphatic rings. The van der Waals surface area contributed by atoms with Gasteiger partial charge >= 0.3 is 0 Å². The molecule has 19 heavy (non-hydrogen) atoms. The molecular formula is C16H14N2O. The maximum Gasteiger partial charge on any atom is 0.232 e. The van der Waals surface area contributed by atoms with E-state index in [9.17, 15) is 4.79 Å². The summed E-state index contributed by atoms with van der Waals surface area (Å²) in [7, 11) is 0. The Morgan fingerprint density at radius 3 is 2.58 bits per heavy atom. The number of carbonyl (C=O) groups excluding carboxylic acids is 1. The van der Waals surface area contributed by atoms with Gasteiger partial charge < -0.3 is 0 Å². The van der Waals surface area contributed by atoms with Gasteiger partial charge in [-0.15, -0.1) is 0 Å². The predicted octanol–water partition coefficient (Wildman–Crippen LogP) is 3.31. The summed E-state index contributed by atoms with van der Waals surface area (Å²) in [5, 5.41) is 0. The Labute approximate surface area is 111 Å². The predicted molar refractivity (Wildman–Crippen MR) is 75.1 cm³/mol. The van der Waals surface area contributed by atoms with Crippen molar-refractivity contribution in [1.82, 2.24) is 9.55 Å². The zero-order valence-electron chi connectivity index (χ0n) is 10.5. The van der Waals surface area contributed by atoms with E-state index in [4.69, 9.17) is 0 Å². The first-order valence-electron chi connectivity index (χ1n) is 6.34. The van der Waals surface area contributed by atoms with E-state index in [0.717, 1.165) is 17.5 Å². The first kappa shape index (κ1) is 11.7. The molecule has 2 aromatic carbocycles. The Kier molecular flexibility index (Phi) is 3.11. The summed E-state index contributed by atoms with van der Waals surface area (Å²) in [6.07, 6.45) is 2.86. The van der Waals surface area contributed by atoms with E-state index in [1.807, 2.05) is 54.6 Å². The summed E-state index contributed by atoms with van der Waals surface area (Å²) in [6.45, 7) is 0. The Hall–Kier alpha value is -2.42. The Morgan fingerprint density at radius 1 is 1.00 bits per heavy atom. The molecule has 3 aromatic rings. The molecule has 0 N–H and O–H groups in total. The fraction of sp³-hybridized carbons (Fsp3) is 0.125. The van der Waals surface area contributed by atoms with E-state index in [1.54, 1.807) is 10.9 Å². The molecule has 3 heteroatoms. The number of hydrogen-bond acceptors (Lipinski definition) is 2. The van der Waals surface area contributed by atoms with Crippen molar-refractivity contribution < 1.29 is 4.79 Å². The molecule has 0 aliphatic heterocycles. The second-order valence-corrected chi connectivity index (χ2v) is 4.48. The number of rotatable bonds is 3. The summed E-state index contributed by atoms with van der Waals surface area (Å²) in [5.74, 6) is 0.0811. The van der Waals surface area contributed by atoms with Gasteiger partial charge in [0.1, 0.15) is 6.33 Å². The van der Waals surface area contributed by atoms with E-state index in [2.05, 4.69) is 4.98 Å².